The van der Waals surface area contributed by atoms with E-state index < -0.39 is 0 Å². The third-order valence-corrected chi connectivity index (χ3v) is 6.42. The van der Waals surface area contributed by atoms with Crippen LogP contribution in [0.1, 0.15) is 34.7 Å². The molecule has 0 aliphatic carbocycles. The van der Waals surface area contributed by atoms with Gasteiger partial charge in [-0.2, -0.15) is 0 Å². The van der Waals surface area contributed by atoms with Crippen LogP contribution in [0.4, 0.5) is 0 Å². The summed E-state index contributed by atoms with van der Waals surface area (Å²) in [6.45, 7) is 2.12. The highest BCUT2D eigenvalue weighted by Crippen LogP contribution is 2.22. The molecule has 178 valence electrons. The van der Waals surface area contributed by atoms with Crippen LogP contribution in [-0.4, -0.2) is 32.3 Å². The van der Waals surface area contributed by atoms with Crippen molar-refractivity contribution in [1.29, 1.82) is 0 Å². The second-order valence-electron chi connectivity index (χ2n) is 7.75. The molecule has 9 heteroatoms. The summed E-state index contributed by atoms with van der Waals surface area (Å²) < 4.78 is 1.85. The lowest BCUT2D eigenvalue weighted by Gasteiger charge is -2.14. The Balaban J connectivity index is 1.45. The number of thioether (sulfide) groups is 1. The number of rotatable bonds is 9. The minimum absolute atomic E-state index is 0.102. The van der Waals surface area contributed by atoms with Crippen LogP contribution in [0.25, 0.3) is 5.69 Å². The number of halogens is 1. The Morgan fingerprint density at radius 1 is 0.943 bits per heavy atom. The van der Waals surface area contributed by atoms with E-state index in [9.17, 15) is 9.59 Å². The number of aromatic nitrogens is 3. The SMILES string of the molecule is C[C@@H](NC(=O)CSc1nnc(CNC(=O)c2ccc(Cl)cc2)n1-c1ccccc1)c1ccccc1. The smallest absolute Gasteiger partial charge is 0.251 e. The van der Waals surface area contributed by atoms with Gasteiger partial charge in [-0.1, -0.05) is 71.9 Å². The van der Waals surface area contributed by atoms with Crippen LogP contribution >= 0.6 is 23.4 Å². The monoisotopic (exact) mass is 505 g/mol. The molecule has 0 aliphatic rings. The normalized spacial score (nSPS) is 11.6. The zero-order chi connectivity index (χ0) is 24.6. The Kier molecular flexibility index (Phi) is 8.18. The molecule has 0 fully saturated rings. The summed E-state index contributed by atoms with van der Waals surface area (Å²) in [7, 11) is 0. The number of hydrogen-bond acceptors (Lipinski definition) is 5. The highest BCUT2D eigenvalue weighted by Gasteiger charge is 2.18. The summed E-state index contributed by atoms with van der Waals surface area (Å²) in [6.07, 6.45) is 0. The fraction of sp³-hybridized carbons (Fsp3) is 0.154. The Hall–Kier alpha value is -3.62. The van der Waals surface area contributed by atoms with E-state index in [0.29, 0.717) is 21.6 Å². The van der Waals surface area contributed by atoms with Gasteiger partial charge in [0.15, 0.2) is 11.0 Å². The number of amides is 2. The van der Waals surface area contributed by atoms with Crippen LogP contribution in [0.5, 0.6) is 0 Å². The summed E-state index contributed by atoms with van der Waals surface area (Å²) >= 11 is 7.20. The van der Waals surface area contributed by atoms with E-state index in [1.54, 1.807) is 24.3 Å². The van der Waals surface area contributed by atoms with Crippen LogP contribution in [0, 0.1) is 0 Å². The van der Waals surface area contributed by atoms with E-state index >= 15 is 0 Å². The van der Waals surface area contributed by atoms with Crippen molar-refractivity contribution in [3.05, 3.63) is 107 Å². The minimum atomic E-state index is -0.243. The predicted molar refractivity (Wildman–Crippen MR) is 138 cm³/mol. The second kappa shape index (κ2) is 11.7. The van der Waals surface area contributed by atoms with Crippen molar-refractivity contribution in [2.45, 2.75) is 24.7 Å². The topological polar surface area (TPSA) is 88.9 Å². The van der Waals surface area contributed by atoms with E-state index in [1.807, 2.05) is 72.2 Å². The Morgan fingerprint density at radius 2 is 1.60 bits per heavy atom. The van der Waals surface area contributed by atoms with Crippen molar-refractivity contribution in [2.24, 2.45) is 0 Å². The molecule has 0 radical (unpaired) electrons. The molecule has 2 N–H and O–H groups in total. The standard InChI is InChI=1S/C26H24ClN5O2S/c1-18(19-8-4-2-5-9-19)29-24(33)17-35-26-31-30-23(32(26)22-10-6-3-7-11-22)16-28-25(34)20-12-14-21(27)15-13-20/h2-15,18H,16-17H2,1H3,(H,28,34)(H,29,33)/t18-/m1/s1. The predicted octanol–water partition coefficient (Wildman–Crippen LogP) is 4.82. The molecule has 1 heterocycles. The van der Waals surface area contributed by atoms with Crippen molar-refractivity contribution in [3.8, 4) is 5.69 Å². The van der Waals surface area contributed by atoms with Crippen molar-refractivity contribution < 1.29 is 9.59 Å². The van der Waals surface area contributed by atoms with E-state index in [0.717, 1.165) is 11.3 Å². The Bertz CT molecular complexity index is 1280. The van der Waals surface area contributed by atoms with Gasteiger partial charge in [0.1, 0.15) is 0 Å². The molecule has 4 rings (SSSR count). The van der Waals surface area contributed by atoms with Crippen LogP contribution in [-0.2, 0) is 11.3 Å². The highest BCUT2D eigenvalue weighted by molar-refractivity contribution is 7.99. The van der Waals surface area contributed by atoms with Crippen LogP contribution < -0.4 is 10.6 Å². The van der Waals surface area contributed by atoms with Gasteiger partial charge in [-0.3, -0.25) is 14.2 Å². The summed E-state index contributed by atoms with van der Waals surface area (Å²) in [5, 5.41) is 15.6. The number of benzene rings is 3. The fourth-order valence-electron chi connectivity index (χ4n) is 3.45. The number of carbonyl (C=O) groups is 2. The quantitative estimate of drug-likeness (QED) is 0.318. The van der Waals surface area contributed by atoms with Crippen molar-refractivity contribution in [2.75, 3.05) is 5.75 Å². The molecule has 2 amide bonds. The lowest BCUT2D eigenvalue weighted by Crippen LogP contribution is -2.28. The van der Waals surface area contributed by atoms with Gasteiger partial charge in [0.25, 0.3) is 5.91 Å². The van der Waals surface area contributed by atoms with E-state index in [4.69, 9.17) is 11.6 Å². The van der Waals surface area contributed by atoms with E-state index in [1.165, 1.54) is 11.8 Å². The van der Waals surface area contributed by atoms with Gasteiger partial charge in [-0.25, -0.2) is 0 Å². The first kappa shape index (κ1) is 24.5. The summed E-state index contributed by atoms with van der Waals surface area (Å²) in [4.78, 5) is 25.1. The van der Waals surface area contributed by atoms with Gasteiger partial charge in [0.2, 0.25) is 5.91 Å². The maximum Gasteiger partial charge on any atom is 0.251 e. The molecule has 0 spiro atoms. The maximum absolute atomic E-state index is 12.6. The Labute approximate surface area is 212 Å². The number of nitrogens with zero attached hydrogens (tertiary/aromatic N) is 3. The van der Waals surface area contributed by atoms with Crippen molar-refractivity contribution >= 4 is 35.2 Å². The zero-order valence-corrected chi connectivity index (χ0v) is 20.6. The molecular formula is C26H24ClN5O2S. The lowest BCUT2D eigenvalue weighted by atomic mass is 10.1. The van der Waals surface area contributed by atoms with Crippen molar-refractivity contribution in [3.63, 3.8) is 0 Å². The molecule has 35 heavy (non-hydrogen) atoms. The molecule has 4 aromatic rings. The highest BCUT2D eigenvalue weighted by atomic mass is 35.5. The molecule has 0 aliphatic heterocycles. The maximum atomic E-state index is 12.6. The summed E-state index contributed by atoms with van der Waals surface area (Å²) in [5.74, 6) is 0.387. The fourth-order valence-corrected chi connectivity index (χ4v) is 4.35. The van der Waals surface area contributed by atoms with Gasteiger partial charge in [-0.05, 0) is 48.9 Å². The van der Waals surface area contributed by atoms with Crippen molar-refractivity contribution in [1.82, 2.24) is 25.4 Å². The molecule has 1 aromatic heterocycles. The molecule has 3 aromatic carbocycles. The van der Waals surface area contributed by atoms with Gasteiger partial charge >= 0.3 is 0 Å². The van der Waals surface area contributed by atoms with Crippen LogP contribution in [0.2, 0.25) is 5.02 Å². The van der Waals surface area contributed by atoms with Gasteiger partial charge in [0, 0.05) is 16.3 Å². The molecular weight excluding hydrogens is 482 g/mol. The lowest BCUT2D eigenvalue weighted by molar-refractivity contribution is -0.119. The number of hydrogen-bond donors (Lipinski definition) is 2. The van der Waals surface area contributed by atoms with Gasteiger partial charge < -0.3 is 10.6 Å². The Morgan fingerprint density at radius 3 is 2.29 bits per heavy atom. The van der Waals surface area contributed by atoms with Crippen LogP contribution in [0.3, 0.4) is 0 Å². The third kappa shape index (κ3) is 6.49. The first-order chi connectivity index (χ1) is 17.0. The summed E-state index contributed by atoms with van der Waals surface area (Å²) in [5.41, 5.74) is 2.38. The molecule has 0 bridgehead atoms. The number of para-hydroxylation sites is 1. The molecule has 0 unspecified atom stereocenters. The number of nitrogens with one attached hydrogen (secondary N) is 2. The minimum Gasteiger partial charge on any atom is -0.349 e. The van der Waals surface area contributed by atoms with Gasteiger partial charge in [0.05, 0.1) is 18.3 Å². The zero-order valence-electron chi connectivity index (χ0n) is 19.0. The van der Waals surface area contributed by atoms with Gasteiger partial charge in [-0.15, -0.1) is 10.2 Å². The molecule has 7 nitrogen and oxygen atoms in total. The average molecular weight is 506 g/mol. The molecule has 0 saturated carbocycles. The third-order valence-electron chi connectivity index (χ3n) is 5.24. The largest absolute Gasteiger partial charge is 0.349 e. The first-order valence-corrected chi connectivity index (χ1v) is 12.4. The number of carbonyl (C=O) groups excluding carboxylic acids is 2. The van der Waals surface area contributed by atoms with Crippen LogP contribution in [0.15, 0.2) is 90.1 Å². The molecule has 1 atom stereocenters. The van der Waals surface area contributed by atoms with E-state index in [-0.39, 0.29) is 30.2 Å². The average Bonchev–Trinajstić information content (AvgIpc) is 3.30. The van der Waals surface area contributed by atoms with E-state index in [2.05, 4.69) is 20.8 Å². The second-order valence-corrected chi connectivity index (χ2v) is 9.13. The summed E-state index contributed by atoms with van der Waals surface area (Å²) in [6, 6.07) is 26.0. The first-order valence-electron chi connectivity index (χ1n) is 11.0. The molecule has 0 saturated heterocycles.